The highest BCUT2D eigenvalue weighted by molar-refractivity contribution is 5.95. The van der Waals surface area contributed by atoms with E-state index in [1.54, 1.807) is 66.3 Å². The van der Waals surface area contributed by atoms with Gasteiger partial charge in [0.05, 0.1) is 18.2 Å². The number of hydrogen-bond acceptors (Lipinski definition) is 4. The molecule has 0 N–H and O–H groups in total. The van der Waals surface area contributed by atoms with Gasteiger partial charge in [-0.2, -0.15) is 10.4 Å². The van der Waals surface area contributed by atoms with Crippen LogP contribution in [-0.4, -0.2) is 35.9 Å². The lowest BCUT2D eigenvalue weighted by molar-refractivity contribution is -0.121. The van der Waals surface area contributed by atoms with Crippen LogP contribution in [0.3, 0.4) is 0 Å². The van der Waals surface area contributed by atoms with E-state index in [0.717, 1.165) is 5.69 Å². The minimum atomic E-state index is -0.414. The van der Waals surface area contributed by atoms with E-state index in [1.807, 2.05) is 0 Å². The second-order valence-electron chi connectivity index (χ2n) is 4.80. The third kappa shape index (κ3) is 3.51. The van der Waals surface area contributed by atoms with Gasteiger partial charge in [0.15, 0.2) is 0 Å². The summed E-state index contributed by atoms with van der Waals surface area (Å²) < 4.78 is 6.71. The Morgan fingerprint density at radius 2 is 2.18 bits per heavy atom. The summed E-state index contributed by atoms with van der Waals surface area (Å²) in [7, 11) is 1.60. The van der Waals surface area contributed by atoms with Gasteiger partial charge in [-0.3, -0.25) is 9.48 Å². The Kier molecular flexibility index (Phi) is 5.28. The van der Waals surface area contributed by atoms with Crippen molar-refractivity contribution in [3.8, 4) is 6.07 Å². The summed E-state index contributed by atoms with van der Waals surface area (Å²) in [5.41, 5.74) is 1.29. The molecule has 114 valence electrons. The number of aromatic nitrogens is 2. The van der Waals surface area contributed by atoms with Gasteiger partial charge in [0.2, 0.25) is 0 Å². The van der Waals surface area contributed by atoms with Crippen LogP contribution >= 0.6 is 0 Å². The van der Waals surface area contributed by atoms with Crippen molar-refractivity contribution in [2.24, 2.45) is 0 Å². The number of methoxy groups -OCH3 is 1. The number of carbonyl (C=O) groups is 1. The molecule has 1 unspecified atom stereocenters. The number of anilines is 1. The molecule has 1 atom stereocenters. The Morgan fingerprint density at radius 3 is 2.73 bits per heavy atom. The molecule has 2 rings (SSSR count). The maximum atomic E-state index is 12.7. The number of nitriles is 1. The minimum absolute atomic E-state index is 0.0783. The first-order chi connectivity index (χ1) is 10.7. The fraction of sp³-hybridized carbons (Fsp3) is 0.312. The second kappa shape index (κ2) is 7.38. The summed E-state index contributed by atoms with van der Waals surface area (Å²) in [6, 6.07) is 10.4. The predicted octanol–water partition coefficient (Wildman–Crippen LogP) is 2.00. The Hall–Kier alpha value is -2.65. The van der Waals surface area contributed by atoms with Crippen LogP contribution in [-0.2, 0) is 9.53 Å². The van der Waals surface area contributed by atoms with Crippen molar-refractivity contribution in [1.29, 1.82) is 5.26 Å². The first-order valence-electron chi connectivity index (χ1n) is 6.97. The largest absolute Gasteiger partial charge is 0.383 e. The molecule has 0 fully saturated rings. The lowest BCUT2D eigenvalue weighted by Crippen LogP contribution is -2.38. The molecule has 1 amide bonds. The monoisotopic (exact) mass is 298 g/mol. The van der Waals surface area contributed by atoms with Gasteiger partial charge >= 0.3 is 0 Å². The minimum Gasteiger partial charge on any atom is -0.383 e. The van der Waals surface area contributed by atoms with E-state index >= 15 is 0 Å². The zero-order valence-corrected chi connectivity index (χ0v) is 12.6. The van der Waals surface area contributed by atoms with Gasteiger partial charge in [0.1, 0.15) is 6.04 Å². The predicted molar refractivity (Wildman–Crippen MR) is 82.3 cm³/mol. The lowest BCUT2D eigenvalue weighted by Gasteiger charge is -2.26. The second-order valence-corrected chi connectivity index (χ2v) is 4.80. The number of ether oxygens (including phenoxy) is 1. The summed E-state index contributed by atoms with van der Waals surface area (Å²) in [5.74, 6) is -0.0783. The molecule has 0 spiro atoms. The highest BCUT2D eigenvalue weighted by Crippen LogP contribution is 2.19. The summed E-state index contributed by atoms with van der Waals surface area (Å²) in [4.78, 5) is 14.4. The molecule has 22 heavy (non-hydrogen) atoms. The zero-order valence-electron chi connectivity index (χ0n) is 12.6. The average molecular weight is 298 g/mol. The molecule has 0 saturated carbocycles. The van der Waals surface area contributed by atoms with Crippen molar-refractivity contribution in [2.45, 2.75) is 13.0 Å². The topological polar surface area (TPSA) is 71.2 Å². The first-order valence-corrected chi connectivity index (χ1v) is 6.97. The van der Waals surface area contributed by atoms with Crippen LogP contribution in [0.4, 0.5) is 5.69 Å². The van der Waals surface area contributed by atoms with Crippen molar-refractivity contribution in [1.82, 2.24) is 9.78 Å². The highest BCUT2D eigenvalue weighted by Gasteiger charge is 2.23. The van der Waals surface area contributed by atoms with Crippen LogP contribution in [0.2, 0.25) is 0 Å². The number of rotatable bonds is 6. The molecule has 1 aromatic carbocycles. The molecule has 0 saturated heterocycles. The van der Waals surface area contributed by atoms with Crippen molar-refractivity contribution in [3.63, 3.8) is 0 Å². The SMILES string of the molecule is COCCN(C(=O)C(C)n1cccn1)c1ccc(C#N)cc1. The van der Waals surface area contributed by atoms with Crippen molar-refractivity contribution < 1.29 is 9.53 Å². The maximum Gasteiger partial charge on any atom is 0.251 e. The third-order valence-electron chi connectivity index (χ3n) is 3.37. The molecule has 1 heterocycles. The third-order valence-corrected chi connectivity index (χ3v) is 3.37. The lowest BCUT2D eigenvalue weighted by atomic mass is 10.2. The van der Waals surface area contributed by atoms with E-state index in [2.05, 4.69) is 11.2 Å². The molecule has 0 aliphatic rings. The van der Waals surface area contributed by atoms with Gasteiger partial charge in [-0.1, -0.05) is 0 Å². The van der Waals surface area contributed by atoms with Crippen molar-refractivity contribution in [2.75, 3.05) is 25.2 Å². The van der Waals surface area contributed by atoms with Crippen LogP contribution in [0.25, 0.3) is 0 Å². The van der Waals surface area contributed by atoms with Crippen LogP contribution in [0, 0.1) is 11.3 Å². The van der Waals surface area contributed by atoms with Gasteiger partial charge in [-0.05, 0) is 37.3 Å². The van der Waals surface area contributed by atoms with Gasteiger partial charge in [0.25, 0.3) is 5.91 Å². The van der Waals surface area contributed by atoms with E-state index in [4.69, 9.17) is 10.00 Å². The molecule has 0 bridgehead atoms. The average Bonchev–Trinajstić information content (AvgIpc) is 3.09. The van der Waals surface area contributed by atoms with E-state index in [-0.39, 0.29) is 5.91 Å². The van der Waals surface area contributed by atoms with Gasteiger partial charge < -0.3 is 9.64 Å². The van der Waals surface area contributed by atoms with Crippen LogP contribution in [0.5, 0.6) is 0 Å². The molecule has 0 aliphatic heterocycles. The summed E-state index contributed by atoms with van der Waals surface area (Å²) in [5, 5.41) is 13.0. The van der Waals surface area contributed by atoms with E-state index in [9.17, 15) is 4.79 Å². The summed E-state index contributed by atoms with van der Waals surface area (Å²) >= 11 is 0. The van der Waals surface area contributed by atoms with Crippen LogP contribution < -0.4 is 4.90 Å². The maximum absolute atomic E-state index is 12.7. The van der Waals surface area contributed by atoms with Crippen molar-refractivity contribution >= 4 is 11.6 Å². The van der Waals surface area contributed by atoms with E-state index < -0.39 is 6.04 Å². The number of benzene rings is 1. The summed E-state index contributed by atoms with van der Waals surface area (Å²) in [6.07, 6.45) is 3.40. The Labute approximate surface area is 129 Å². The number of nitrogens with zero attached hydrogens (tertiary/aromatic N) is 4. The molecule has 6 nitrogen and oxygen atoms in total. The molecule has 1 aromatic heterocycles. The molecular weight excluding hydrogens is 280 g/mol. The quantitative estimate of drug-likeness (QED) is 0.817. The summed E-state index contributed by atoms with van der Waals surface area (Å²) in [6.45, 7) is 2.67. The fourth-order valence-electron chi connectivity index (χ4n) is 2.11. The standard InChI is InChI=1S/C16H18N4O2/c1-13(20-9-3-8-18-20)16(21)19(10-11-22-2)15-6-4-14(12-17)5-7-15/h3-9,13H,10-11H2,1-2H3. The van der Waals surface area contributed by atoms with E-state index in [0.29, 0.717) is 18.7 Å². The Bertz CT molecular complexity index is 644. The fourth-order valence-corrected chi connectivity index (χ4v) is 2.11. The number of amides is 1. The molecule has 0 radical (unpaired) electrons. The smallest absolute Gasteiger partial charge is 0.251 e. The molecule has 0 aliphatic carbocycles. The Morgan fingerprint density at radius 1 is 1.45 bits per heavy atom. The molecular formula is C16H18N4O2. The molecule has 2 aromatic rings. The number of carbonyl (C=O) groups excluding carboxylic acids is 1. The normalized spacial score (nSPS) is 11.7. The van der Waals surface area contributed by atoms with Gasteiger partial charge in [-0.25, -0.2) is 0 Å². The van der Waals surface area contributed by atoms with Crippen LogP contribution in [0.15, 0.2) is 42.7 Å². The van der Waals surface area contributed by atoms with Gasteiger partial charge in [-0.15, -0.1) is 0 Å². The van der Waals surface area contributed by atoms with Crippen LogP contribution in [0.1, 0.15) is 18.5 Å². The van der Waals surface area contributed by atoms with Gasteiger partial charge in [0, 0.05) is 31.7 Å². The Balaban J connectivity index is 2.24. The highest BCUT2D eigenvalue weighted by atomic mass is 16.5. The van der Waals surface area contributed by atoms with E-state index in [1.165, 1.54) is 0 Å². The zero-order chi connectivity index (χ0) is 15.9. The number of hydrogen-bond donors (Lipinski definition) is 0. The first kappa shape index (κ1) is 15.7. The molecule has 6 heteroatoms. The van der Waals surface area contributed by atoms with Crippen molar-refractivity contribution in [3.05, 3.63) is 48.3 Å².